The second kappa shape index (κ2) is 55.3. The summed E-state index contributed by atoms with van der Waals surface area (Å²) < 4.78 is 22.8. The maximum atomic E-state index is 13.3. The molecule has 14 heteroatoms. The third-order valence-electron chi connectivity index (χ3n) is 17.3. The Morgan fingerprint density at radius 2 is 0.762 bits per heavy atom. The van der Waals surface area contributed by atoms with E-state index in [2.05, 4.69) is 43.5 Å². The van der Waals surface area contributed by atoms with Crippen LogP contribution in [0, 0.1) is 0 Å². The van der Waals surface area contributed by atoms with Crippen molar-refractivity contribution in [1.82, 2.24) is 5.32 Å². The zero-order valence-electron chi connectivity index (χ0n) is 53.7. The molecule has 0 saturated carbocycles. The van der Waals surface area contributed by atoms with Crippen LogP contribution in [0.1, 0.15) is 309 Å². The molecule has 84 heavy (non-hydrogen) atoms. The van der Waals surface area contributed by atoms with Crippen LogP contribution in [0.25, 0.3) is 0 Å². The van der Waals surface area contributed by atoms with E-state index in [0.717, 1.165) is 44.9 Å². The van der Waals surface area contributed by atoms with Gasteiger partial charge in [-0.15, -0.1) is 0 Å². The Morgan fingerprint density at radius 3 is 1.17 bits per heavy atom. The van der Waals surface area contributed by atoms with Crippen LogP contribution in [0.2, 0.25) is 0 Å². The monoisotopic (exact) mass is 1190 g/mol. The summed E-state index contributed by atoms with van der Waals surface area (Å²) >= 11 is 0. The van der Waals surface area contributed by atoms with E-state index in [4.69, 9.17) is 18.9 Å². The molecule has 12 atom stereocenters. The maximum absolute atomic E-state index is 13.3. The van der Waals surface area contributed by atoms with Gasteiger partial charge in [-0.05, 0) is 44.9 Å². The highest BCUT2D eigenvalue weighted by atomic mass is 16.7. The van der Waals surface area contributed by atoms with Crippen molar-refractivity contribution in [3.8, 4) is 0 Å². The molecule has 0 radical (unpaired) electrons. The number of hydrogen-bond donors (Lipinski definition) is 9. The van der Waals surface area contributed by atoms with Gasteiger partial charge in [-0.25, -0.2) is 0 Å². The Balaban J connectivity index is 1.63. The Labute approximate surface area is 512 Å². The van der Waals surface area contributed by atoms with Gasteiger partial charge in [-0.3, -0.25) is 4.79 Å². The highest BCUT2D eigenvalue weighted by molar-refractivity contribution is 5.76. The summed E-state index contributed by atoms with van der Waals surface area (Å²) in [5.74, 6) is -0.248. The Morgan fingerprint density at radius 1 is 0.417 bits per heavy atom. The van der Waals surface area contributed by atoms with E-state index in [1.54, 1.807) is 6.08 Å². The van der Waals surface area contributed by atoms with E-state index in [-0.39, 0.29) is 18.9 Å². The first kappa shape index (κ1) is 78.3. The van der Waals surface area contributed by atoms with Crippen LogP contribution in [-0.2, 0) is 23.7 Å². The number of ether oxygens (including phenoxy) is 4. The molecule has 1 amide bonds. The maximum Gasteiger partial charge on any atom is 0.220 e. The second-order valence-electron chi connectivity index (χ2n) is 25.0. The topological polar surface area (TPSA) is 228 Å². The lowest BCUT2D eigenvalue weighted by molar-refractivity contribution is -0.359. The number of amides is 1. The summed E-state index contributed by atoms with van der Waals surface area (Å²) in [6, 6.07) is -0.936. The summed E-state index contributed by atoms with van der Waals surface area (Å²) in [5.41, 5.74) is 0. The fraction of sp³-hybridized carbons (Fsp3) is 0.900. The van der Waals surface area contributed by atoms with Crippen molar-refractivity contribution in [1.29, 1.82) is 0 Å². The third-order valence-corrected chi connectivity index (χ3v) is 17.3. The molecule has 2 aliphatic heterocycles. The van der Waals surface area contributed by atoms with Crippen LogP contribution in [0.3, 0.4) is 0 Å². The van der Waals surface area contributed by atoms with E-state index in [0.29, 0.717) is 12.8 Å². The molecule has 12 unspecified atom stereocenters. The zero-order valence-corrected chi connectivity index (χ0v) is 53.7. The lowest BCUT2D eigenvalue weighted by Crippen LogP contribution is -2.65. The molecule has 2 aliphatic rings. The van der Waals surface area contributed by atoms with Crippen LogP contribution in [0.15, 0.2) is 36.5 Å². The van der Waals surface area contributed by atoms with Crippen LogP contribution in [0.4, 0.5) is 0 Å². The largest absolute Gasteiger partial charge is 0.394 e. The molecule has 2 saturated heterocycles. The molecule has 2 heterocycles. The Hall–Kier alpha value is -1.79. The first-order valence-electron chi connectivity index (χ1n) is 35.2. The van der Waals surface area contributed by atoms with E-state index < -0.39 is 86.8 Å². The minimum Gasteiger partial charge on any atom is -0.394 e. The van der Waals surface area contributed by atoms with Crippen molar-refractivity contribution in [2.24, 2.45) is 0 Å². The van der Waals surface area contributed by atoms with Gasteiger partial charge in [0.2, 0.25) is 5.91 Å². The average Bonchev–Trinajstić information content (AvgIpc) is 3.61. The highest BCUT2D eigenvalue weighted by Crippen LogP contribution is 2.30. The van der Waals surface area contributed by atoms with Gasteiger partial charge in [0.1, 0.15) is 48.8 Å². The minimum absolute atomic E-state index is 0.248. The predicted molar refractivity (Wildman–Crippen MR) is 341 cm³/mol. The fourth-order valence-electron chi connectivity index (χ4n) is 11.7. The first-order valence-corrected chi connectivity index (χ1v) is 35.2. The fourth-order valence-corrected chi connectivity index (χ4v) is 11.7. The summed E-state index contributed by atoms with van der Waals surface area (Å²) in [6.07, 6.45) is 53.7. The molecule has 0 aromatic heterocycles. The number of carbonyl (C=O) groups excluding carboxylic acids is 1. The van der Waals surface area contributed by atoms with Crippen molar-refractivity contribution in [3.63, 3.8) is 0 Å². The van der Waals surface area contributed by atoms with Crippen molar-refractivity contribution >= 4 is 5.91 Å². The number of nitrogens with one attached hydrogen (secondary N) is 1. The van der Waals surface area contributed by atoms with Gasteiger partial charge in [-0.1, -0.05) is 294 Å². The van der Waals surface area contributed by atoms with Gasteiger partial charge in [0, 0.05) is 6.42 Å². The Kier molecular flexibility index (Phi) is 51.5. The number of hydrogen-bond acceptors (Lipinski definition) is 13. The third kappa shape index (κ3) is 39.3. The van der Waals surface area contributed by atoms with Crippen molar-refractivity contribution in [3.05, 3.63) is 36.5 Å². The molecule has 494 valence electrons. The zero-order chi connectivity index (χ0) is 60.9. The van der Waals surface area contributed by atoms with Gasteiger partial charge >= 0.3 is 0 Å². The quantitative estimate of drug-likeness (QED) is 0.0204. The van der Waals surface area contributed by atoms with E-state index >= 15 is 0 Å². The molecule has 0 bridgehead atoms. The molecule has 14 nitrogen and oxygen atoms in total. The molecular weight excluding hydrogens is 1060 g/mol. The van der Waals surface area contributed by atoms with Gasteiger partial charge in [0.05, 0.1) is 32.0 Å². The summed E-state index contributed by atoms with van der Waals surface area (Å²) in [4.78, 5) is 13.3. The Bertz CT molecular complexity index is 1550. The van der Waals surface area contributed by atoms with Gasteiger partial charge < -0.3 is 65.1 Å². The number of allylic oxidation sites excluding steroid dienone is 5. The lowest BCUT2D eigenvalue weighted by atomic mass is 9.97. The molecule has 2 fully saturated rings. The highest BCUT2D eigenvalue weighted by Gasteiger charge is 2.51. The number of aliphatic hydroxyl groups excluding tert-OH is 8. The van der Waals surface area contributed by atoms with Crippen LogP contribution < -0.4 is 5.32 Å². The molecule has 9 N–H and O–H groups in total. The van der Waals surface area contributed by atoms with Crippen molar-refractivity contribution < 1.29 is 64.6 Å². The number of unbranched alkanes of at least 4 members (excludes halogenated alkanes) is 41. The van der Waals surface area contributed by atoms with Gasteiger partial charge in [0.15, 0.2) is 12.6 Å². The molecule has 0 aliphatic carbocycles. The first-order chi connectivity index (χ1) is 41.1. The second-order valence-corrected chi connectivity index (χ2v) is 25.0. The summed E-state index contributed by atoms with van der Waals surface area (Å²) in [5, 5.41) is 87.3. The smallest absolute Gasteiger partial charge is 0.220 e. The summed E-state index contributed by atoms with van der Waals surface area (Å²) in [7, 11) is 0. The molecular formula is C70H131NO13. The van der Waals surface area contributed by atoms with E-state index in [1.165, 1.54) is 231 Å². The van der Waals surface area contributed by atoms with Gasteiger partial charge in [0.25, 0.3) is 0 Å². The van der Waals surface area contributed by atoms with E-state index in [1.807, 2.05) is 6.08 Å². The van der Waals surface area contributed by atoms with Crippen LogP contribution in [0.5, 0.6) is 0 Å². The number of carbonyl (C=O) groups is 1. The number of aliphatic hydroxyl groups is 8. The van der Waals surface area contributed by atoms with Crippen LogP contribution >= 0.6 is 0 Å². The number of rotatable bonds is 58. The minimum atomic E-state index is -1.79. The molecule has 0 aromatic rings. The van der Waals surface area contributed by atoms with E-state index in [9.17, 15) is 45.6 Å². The van der Waals surface area contributed by atoms with Crippen molar-refractivity contribution in [2.75, 3.05) is 19.8 Å². The standard InChI is InChI=1S/C70H131NO13/c1-3-5-7-9-11-13-15-17-19-21-22-23-24-25-26-27-28-29-30-31-32-33-34-35-36-38-40-42-44-46-48-50-52-54-62(75)71-58(59(74)53-51-49-47-45-43-41-39-37-20-18-16-14-12-10-8-6-4-2)57-81-69-67(80)65(78)68(61(56-73)83-69)84-70-66(79)64(77)63(76)60(55-72)82-70/h20,37,43,45,51,53,58-61,63-70,72-74,76-80H,3-19,21-36,38-42,44,46-50,52,54-57H2,1-2H3,(H,71,75)/b37-20+,45-43+,53-51+. The van der Waals surface area contributed by atoms with Crippen molar-refractivity contribution in [2.45, 2.75) is 383 Å². The van der Waals surface area contributed by atoms with Crippen LogP contribution in [-0.4, -0.2) is 140 Å². The van der Waals surface area contributed by atoms with Gasteiger partial charge in [-0.2, -0.15) is 0 Å². The normalized spacial score (nSPS) is 23.8. The molecule has 0 spiro atoms. The molecule has 0 aromatic carbocycles. The predicted octanol–water partition coefficient (Wildman–Crippen LogP) is 14.1. The SMILES string of the molecule is CCCCCCCCC/C=C/CC/C=C/CC/C=C/C(O)C(COC1OC(CO)C(OC2OC(CO)C(O)C(O)C2O)C(O)C1O)NC(=O)CCCCCCCCCCCCCCCCCCCCCCCCCCCCCCCCCCC. The molecule has 2 rings (SSSR count). The summed E-state index contributed by atoms with van der Waals surface area (Å²) in [6.45, 7) is 2.80. The lowest BCUT2D eigenvalue weighted by Gasteiger charge is -2.46. The average molecular weight is 1190 g/mol.